The first-order valence-corrected chi connectivity index (χ1v) is 4.86. The van der Waals surface area contributed by atoms with E-state index in [1.807, 2.05) is 6.92 Å². The van der Waals surface area contributed by atoms with Gasteiger partial charge in [-0.2, -0.15) is 0 Å². The Morgan fingerprint density at radius 3 is 2.79 bits per heavy atom. The highest BCUT2D eigenvalue weighted by Crippen LogP contribution is 2.04. The van der Waals surface area contributed by atoms with Crippen molar-refractivity contribution in [1.29, 1.82) is 0 Å². The van der Waals surface area contributed by atoms with E-state index in [0.29, 0.717) is 6.04 Å². The summed E-state index contributed by atoms with van der Waals surface area (Å²) in [7, 11) is 4.13. The van der Waals surface area contributed by atoms with E-state index in [1.165, 1.54) is 6.39 Å². The highest BCUT2D eigenvalue weighted by Gasteiger charge is 2.06. The Balaban J connectivity index is 2.30. The number of aryl methyl sites for hydroxylation is 1. The van der Waals surface area contributed by atoms with Crippen molar-refractivity contribution in [1.82, 2.24) is 15.2 Å². The highest BCUT2D eigenvalue weighted by atomic mass is 16.3. The largest absolute Gasteiger partial charge is 0.447 e. The SMILES string of the molecule is Cc1ncoc1CNC(C)CN(C)C. The summed E-state index contributed by atoms with van der Waals surface area (Å²) in [6, 6.07) is 0.453. The molecule has 1 unspecified atom stereocenters. The molecule has 1 rings (SSSR count). The molecule has 1 N–H and O–H groups in total. The van der Waals surface area contributed by atoms with Gasteiger partial charge in [0.2, 0.25) is 0 Å². The van der Waals surface area contributed by atoms with Crippen LogP contribution in [0.3, 0.4) is 0 Å². The lowest BCUT2D eigenvalue weighted by Gasteiger charge is -2.17. The van der Waals surface area contributed by atoms with Crippen molar-refractivity contribution >= 4 is 0 Å². The average molecular weight is 197 g/mol. The lowest BCUT2D eigenvalue weighted by Crippen LogP contribution is -2.35. The van der Waals surface area contributed by atoms with E-state index in [1.54, 1.807) is 0 Å². The first-order valence-electron chi connectivity index (χ1n) is 4.86. The van der Waals surface area contributed by atoms with Gasteiger partial charge in [0, 0.05) is 12.6 Å². The van der Waals surface area contributed by atoms with E-state index in [0.717, 1.165) is 24.5 Å². The van der Waals surface area contributed by atoms with E-state index in [2.05, 4.69) is 36.2 Å². The van der Waals surface area contributed by atoms with Crippen molar-refractivity contribution in [2.24, 2.45) is 0 Å². The first-order chi connectivity index (χ1) is 6.59. The summed E-state index contributed by atoms with van der Waals surface area (Å²) in [4.78, 5) is 6.20. The van der Waals surface area contributed by atoms with E-state index in [9.17, 15) is 0 Å². The van der Waals surface area contributed by atoms with Gasteiger partial charge in [-0.1, -0.05) is 0 Å². The van der Waals surface area contributed by atoms with E-state index < -0.39 is 0 Å². The Morgan fingerprint density at radius 1 is 1.57 bits per heavy atom. The van der Waals surface area contributed by atoms with Gasteiger partial charge in [-0.3, -0.25) is 0 Å². The summed E-state index contributed by atoms with van der Waals surface area (Å²) < 4.78 is 5.23. The zero-order chi connectivity index (χ0) is 10.6. The quantitative estimate of drug-likeness (QED) is 0.765. The summed E-state index contributed by atoms with van der Waals surface area (Å²) in [5, 5.41) is 3.38. The van der Waals surface area contributed by atoms with Gasteiger partial charge in [0.05, 0.1) is 12.2 Å². The third-order valence-corrected chi connectivity index (χ3v) is 2.09. The summed E-state index contributed by atoms with van der Waals surface area (Å²) >= 11 is 0. The maximum Gasteiger partial charge on any atom is 0.181 e. The molecule has 1 atom stereocenters. The first kappa shape index (κ1) is 11.2. The van der Waals surface area contributed by atoms with Crippen molar-refractivity contribution in [3.8, 4) is 0 Å². The van der Waals surface area contributed by atoms with Crippen LogP contribution >= 0.6 is 0 Å². The lowest BCUT2D eigenvalue weighted by atomic mass is 10.3. The second-order valence-corrected chi connectivity index (χ2v) is 3.91. The van der Waals surface area contributed by atoms with Crippen LogP contribution in [0.25, 0.3) is 0 Å². The predicted octanol–water partition coefficient (Wildman–Crippen LogP) is 1.02. The molecule has 14 heavy (non-hydrogen) atoms. The van der Waals surface area contributed by atoms with Gasteiger partial charge >= 0.3 is 0 Å². The Labute approximate surface area is 85.3 Å². The Bertz CT molecular complexity index is 270. The molecular formula is C10H19N3O. The van der Waals surface area contributed by atoms with Crippen molar-refractivity contribution in [2.45, 2.75) is 26.4 Å². The summed E-state index contributed by atoms with van der Waals surface area (Å²) in [5.41, 5.74) is 0.967. The van der Waals surface area contributed by atoms with Crippen molar-refractivity contribution in [3.63, 3.8) is 0 Å². The molecule has 1 aromatic heterocycles. The monoisotopic (exact) mass is 197 g/mol. The molecule has 1 aromatic rings. The van der Waals surface area contributed by atoms with E-state index in [4.69, 9.17) is 4.42 Å². The highest BCUT2D eigenvalue weighted by molar-refractivity contribution is 5.03. The Morgan fingerprint density at radius 2 is 2.29 bits per heavy atom. The molecule has 0 radical (unpaired) electrons. The van der Waals surface area contributed by atoms with Crippen LogP contribution < -0.4 is 5.32 Å². The maximum absolute atomic E-state index is 5.23. The van der Waals surface area contributed by atoms with Crippen LogP contribution in [0.1, 0.15) is 18.4 Å². The number of oxazole rings is 1. The van der Waals surface area contributed by atoms with Gasteiger partial charge in [-0.05, 0) is 27.9 Å². The molecule has 0 spiro atoms. The number of nitrogens with one attached hydrogen (secondary N) is 1. The fraction of sp³-hybridized carbons (Fsp3) is 0.700. The molecule has 0 saturated heterocycles. The third kappa shape index (κ3) is 3.47. The summed E-state index contributed by atoms with van der Waals surface area (Å²) in [6.07, 6.45) is 1.49. The van der Waals surface area contributed by atoms with Crippen LogP contribution in [0.5, 0.6) is 0 Å². The molecule has 4 nitrogen and oxygen atoms in total. The van der Waals surface area contributed by atoms with Crippen LogP contribution in [-0.4, -0.2) is 36.6 Å². The maximum atomic E-state index is 5.23. The molecule has 0 aliphatic heterocycles. The fourth-order valence-electron chi connectivity index (χ4n) is 1.38. The minimum atomic E-state index is 0.453. The third-order valence-electron chi connectivity index (χ3n) is 2.09. The van der Waals surface area contributed by atoms with Gasteiger partial charge in [0.25, 0.3) is 0 Å². The number of aromatic nitrogens is 1. The minimum absolute atomic E-state index is 0.453. The summed E-state index contributed by atoms with van der Waals surface area (Å²) in [5.74, 6) is 0.926. The second kappa shape index (κ2) is 5.12. The molecule has 0 bridgehead atoms. The minimum Gasteiger partial charge on any atom is -0.447 e. The molecular weight excluding hydrogens is 178 g/mol. The molecule has 80 valence electrons. The molecule has 0 aliphatic rings. The lowest BCUT2D eigenvalue weighted by molar-refractivity contribution is 0.340. The van der Waals surface area contributed by atoms with Crippen molar-refractivity contribution in [2.75, 3.05) is 20.6 Å². The van der Waals surface area contributed by atoms with Crippen LogP contribution in [0.4, 0.5) is 0 Å². The second-order valence-electron chi connectivity index (χ2n) is 3.91. The Hall–Kier alpha value is -0.870. The zero-order valence-corrected chi connectivity index (χ0v) is 9.37. The smallest absolute Gasteiger partial charge is 0.181 e. The number of rotatable bonds is 5. The molecule has 0 aromatic carbocycles. The fourth-order valence-corrected chi connectivity index (χ4v) is 1.38. The molecule has 0 amide bonds. The number of hydrogen-bond donors (Lipinski definition) is 1. The van der Waals surface area contributed by atoms with Gasteiger partial charge in [-0.15, -0.1) is 0 Å². The number of likely N-dealkylation sites (N-methyl/N-ethyl adjacent to an activating group) is 1. The number of hydrogen-bond acceptors (Lipinski definition) is 4. The van der Waals surface area contributed by atoms with Gasteiger partial charge in [0.15, 0.2) is 6.39 Å². The van der Waals surface area contributed by atoms with E-state index >= 15 is 0 Å². The summed E-state index contributed by atoms with van der Waals surface area (Å²) in [6.45, 7) is 5.89. The molecule has 0 saturated carbocycles. The predicted molar refractivity (Wildman–Crippen MR) is 56.1 cm³/mol. The molecule has 0 aliphatic carbocycles. The van der Waals surface area contributed by atoms with Crippen LogP contribution in [0, 0.1) is 6.92 Å². The van der Waals surface area contributed by atoms with E-state index in [-0.39, 0.29) is 0 Å². The van der Waals surface area contributed by atoms with Gasteiger partial charge < -0.3 is 14.6 Å². The Kier molecular flexibility index (Phi) is 4.10. The van der Waals surface area contributed by atoms with Crippen LogP contribution in [-0.2, 0) is 6.54 Å². The van der Waals surface area contributed by atoms with Crippen LogP contribution in [0.2, 0.25) is 0 Å². The van der Waals surface area contributed by atoms with Gasteiger partial charge in [-0.25, -0.2) is 4.98 Å². The molecule has 4 heteroatoms. The average Bonchev–Trinajstić information content (AvgIpc) is 2.46. The van der Waals surface area contributed by atoms with Gasteiger partial charge in [0.1, 0.15) is 5.76 Å². The van der Waals surface area contributed by atoms with Crippen molar-refractivity contribution < 1.29 is 4.42 Å². The molecule has 0 fully saturated rings. The standard InChI is InChI=1S/C10H19N3O/c1-8(6-13(3)4)11-5-10-9(2)12-7-14-10/h7-8,11H,5-6H2,1-4H3. The normalized spacial score (nSPS) is 13.5. The number of nitrogens with zero attached hydrogens (tertiary/aromatic N) is 2. The van der Waals surface area contributed by atoms with Crippen LogP contribution in [0.15, 0.2) is 10.8 Å². The van der Waals surface area contributed by atoms with Crippen molar-refractivity contribution in [3.05, 3.63) is 17.8 Å². The molecule has 1 heterocycles. The topological polar surface area (TPSA) is 41.3 Å². The zero-order valence-electron chi connectivity index (χ0n) is 9.37.